The van der Waals surface area contributed by atoms with Gasteiger partial charge < -0.3 is 26.2 Å². The van der Waals surface area contributed by atoms with Gasteiger partial charge in [0.05, 0.1) is 27.6 Å². The van der Waals surface area contributed by atoms with Crippen LogP contribution in [0.4, 0.5) is 27.1 Å². The monoisotopic (exact) mass is 684 g/mol. The number of hydrogen-bond acceptors (Lipinski definition) is 7. The number of likely N-dealkylation sites (N-methyl/N-ethyl adjacent to an activating group) is 1. The molecule has 49 heavy (non-hydrogen) atoms. The summed E-state index contributed by atoms with van der Waals surface area (Å²) < 4.78 is 14.3. The first-order chi connectivity index (χ1) is 23.5. The highest BCUT2D eigenvalue weighted by Crippen LogP contribution is 2.35. The van der Waals surface area contributed by atoms with Crippen molar-refractivity contribution in [3.8, 4) is 11.1 Å². The van der Waals surface area contributed by atoms with Crippen LogP contribution in [0.3, 0.4) is 0 Å². The second kappa shape index (κ2) is 15.8. The lowest BCUT2D eigenvalue weighted by molar-refractivity contribution is -0.124. The number of amides is 3. The summed E-state index contributed by atoms with van der Waals surface area (Å²) in [5, 5.41) is 14.5. The molecule has 254 valence electrons. The number of rotatable bonds is 10. The lowest BCUT2D eigenvalue weighted by Crippen LogP contribution is -2.44. The van der Waals surface area contributed by atoms with Crippen molar-refractivity contribution >= 4 is 58.1 Å². The zero-order valence-electron chi connectivity index (χ0n) is 27.2. The van der Waals surface area contributed by atoms with Gasteiger partial charge in [0.15, 0.2) is 5.82 Å². The Bertz CT molecular complexity index is 1870. The van der Waals surface area contributed by atoms with Crippen LogP contribution in [-0.4, -0.2) is 61.1 Å². The van der Waals surface area contributed by atoms with Crippen LogP contribution in [0.15, 0.2) is 78.9 Å². The Balaban J connectivity index is 1.28. The number of hydrogen-bond donors (Lipinski definition) is 5. The molecule has 0 aliphatic carbocycles. The summed E-state index contributed by atoms with van der Waals surface area (Å²) in [6.45, 7) is 4.80. The molecule has 0 aromatic heterocycles. The summed E-state index contributed by atoms with van der Waals surface area (Å²) in [5.74, 6) is -1.88. The van der Waals surface area contributed by atoms with Gasteiger partial charge in [-0.25, -0.2) is 9.87 Å². The largest absolute Gasteiger partial charge is 0.396 e. The summed E-state index contributed by atoms with van der Waals surface area (Å²) in [7, 11) is 2.07. The second-order valence-corrected chi connectivity index (χ2v) is 12.3. The fourth-order valence-electron chi connectivity index (χ4n) is 5.52. The fraction of sp³-hybridized carbons (Fsp3) is 0.216. The number of aryl methyl sites for hydroxylation is 1. The first-order valence-corrected chi connectivity index (χ1v) is 16.1. The number of carbonyl (C=O) groups is 3. The van der Waals surface area contributed by atoms with Crippen molar-refractivity contribution in [2.24, 2.45) is 0 Å². The Morgan fingerprint density at radius 3 is 2.29 bits per heavy atom. The minimum Gasteiger partial charge on any atom is -0.396 e. The van der Waals surface area contributed by atoms with Crippen molar-refractivity contribution in [2.75, 3.05) is 54.5 Å². The molecule has 0 bridgehead atoms. The van der Waals surface area contributed by atoms with Gasteiger partial charge in [-0.05, 0) is 79.1 Å². The van der Waals surface area contributed by atoms with Gasteiger partial charge in [0, 0.05) is 49.9 Å². The number of nitrogens with two attached hydrogens (primary N) is 1. The summed E-state index contributed by atoms with van der Waals surface area (Å²) in [6.07, 6.45) is 3.61. The Morgan fingerprint density at radius 1 is 0.939 bits per heavy atom. The van der Waals surface area contributed by atoms with Gasteiger partial charge in [0.2, 0.25) is 5.91 Å². The van der Waals surface area contributed by atoms with Crippen LogP contribution in [0.2, 0.25) is 5.02 Å². The first kappa shape index (κ1) is 35.1. The number of nitrogens with one attached hydrogen (secondary N) is 3. The van der Waals surface area contributed by atoms with Crippen LogP contribution in [-0.2, 0) is 16.0 Å². The predicted octanol–water partition coefficient (Wildman–Crippen LogP) is 6.13. The number of piperazine rings is 1. The van der Waals surface area contributed by atoms with Crippen LogP contribution in [0, 0.1) is 12.7 Å². The lowest BCUT2D eigenvalue weighted by Gasteiger charge is -2.35. The molecule has 12 heteroatoms. The van der Waals surface area contributed by atoms with E-state index in [0.717, 1.165) is 54.1 Å². The molecular formula is C37H38ClFN6O4. The van der Waals surface area contributed by atoms with Crippen LogP contribution in [0.1, 0.15) is 33.5 Å². The second-order valence-electron chi connectivity index (χ2n) is 11.9. The summed E-state index contributed by atoms with van der Waals surface area (Å²) in [4.78, 5) is 41.8. The van der Waals surface area contributed by atoms with E-state index in [1.807, 2.05) is 66.7 Å². The molecule has 6 N–H and O–H groups in total. The third-order valence-corrected chi connectivity index (χ3v) is 8.93. The quantitative estimate of drug-likeness (QED) is 0.0586. The molecule has 1 fully saturated rings. The van der Waals surface area contributed by atoms with E-state index in [0.29, 0.717) is 17.8 Å². The maximum Gasteiger partial charge on any atom is 0.267 e. The molecule has 1 aliphatic rings. The van der Waals surface area contributed by atoms with Crippen molar-refractivity contribution < 1.29 is 24.0 Å². The highest BCUT2D eigenvalue weighted by atomic mass is 35.5. The van der Waals surface area contributed by atoms with Gasteiger partial charge in [0.1, 0.15) is 0 Å². The van der Waals surface area contributed by atoms with Crippen molar-refractivity contribution in [2.45, 2.75) is 19.8 Å². The maximum absolute atomic E-state index is 14.3. The van der Waals surface area contributed by atoms with Crippen molar-refractivity contribution in [1.82, 2.24) is 10.4 Å². The molecule has 0 atom stereocenters. The van der Waals surface area contributed by atoms with Crippen LogP contribution < -0.4 is 26.7 Å². The average molecular weight is 685 g/mol. The molecule has 0 spiro atoms. The van der Waals surface area contributed by atoms with E-state index >= 15 is 0 Å². The van der Waals surface area contributed by atoms with E-state index in [1.54, 1.807) is 11.6 Å². The first-order valence-electron chi connectivity index (χ1n) is 15.8. The zero-order valence-corrected chi connectivity index (χ0v) is 28.0. The number of nitrogens with zero attached hydrogens (tertiary/aromatic N) is 2. The number of benzene rings is 4. The fourth-order valence-corrected chi connectivity index (χ4v) is 5.75. The lowest BCUT2D eigenvalue weighted by atomic mass is 10.0. The van der Waals surface area contributed by atoms with Crippen LogP contribution in [0.25, 0.3) is 17.2 Å². The van der Waals surface area contributed by atoms with Gasteiger partial charge in [-0.15, -0.1) is 0 Å². The van der Waals surface area contributed by atoms with Gasteiger partial charge in [-0.2, -0.15) is 0 Å². The Morgan fingerprint density at radius 2 is 1.61 bits per heavy atom. The number of halogens is 2. The average Bonchev–Trinajstić information content (AvgIpc) is 3.11. The number of hydroxylamine groups is 1. The summed E-state index contributed by atoms with van der Waals surface area (Å²) >= 11 is 6.37. The van der Waals surface area contributed by atoms with Gasteiger partial charge in [0.25, 0.3) is 11.8 Å². The Hall–Kier alpha value is -5.23. The molecule has 5 rings (SSSR count). The van der Waals surface area contributed by atoms with E-state index in [4.69, 9.17) is 22.5 Å². The highest BCUT2D eigenvalue weighted by Gasteiger charge is 2.22. The van der Waals surface area contributed by atoms with Gasteiger partial charge in [-0.3, -0.25) is 19.6 Å². The molecule has 10 nitrogen and oxygen atoms in total. The topological polar surface area (TPSA) is 140 Å². The van der Waals surface area contributed by atoms with Crippen molar-refractivity contribution in [1.29, 1.82) is 0 Å². The summed E-state index contributed by atoms with van der Waals surface area (Å²) in [5.41, 5.74) is 13.0. The van der Waals surface area contributed by atoms with Crippen molar-refractivity contribution in [3.63, 3.8) is 0 Å². The van der Waals surface area contributed by atoms with E-state index < -0.39 is 17.6 Å². The number of nitrogen functional groups attached to an aromatic ring is 1. The molecule has 1 saturated heterocycles. The highest BCUT2D eigenvalue weighted by molar-refractivity contribution is 6.35. The molecule has 0 saturated carbocycles. The molecule has 4 aromatic carbocycles. The van der Waals surface area contributed by atoms with Crippen LogP contribution in [0.5, 0.6) is 0 Å². The molecule has 1 heterocycles. The Labute approximate surface area is 289 Å². The molecule has 0 unspecified atom stereocenters. The van der Waals surface area contributed by atoms with Gasteiger partial charge in [-0.1, -0.05) is 54.1 Å². The third kappa shape index (κ3) is 8.82. The molecule has 1 aliphatic heterocycles. The standard InChI is InChI=1S/C37H38ClFN6O4/c1-23-35(38)29(22-30(40)36(23)39)37(48)42-31-21-27(11-14-32(31)45-19-17-44(2)18-20-45)26-9-12-28(13-10-26)41-33(46)15-7-24-3-5-25(6-4-24)8-16-34(47)43-49/h3-6,8-14,16,21-22,49H,7,15,17-20,40H2,1-2H3,(H,41,46)(H,42,48)(H,43,47)/b16-8+. The maximum atomic E-state index is 14.3. The zero-order chi connectivity index (χ0) is 35.1. The normalized spacial score (nSPS) is 13.4. The molecule has 3 amide bonds. The third-order valence-electron chi connectivity index (χ3n) is 8.44. The van der Waals surface area contributed by atoms with Crippen LogP contribution >= 0.6 is 11.6 Å². The minimum absolute atomic E-state index is 0.0106. The van der Waals surface area contributed by atoms with Crippen molar-refractivity contribution in [3.05, 3.63) is 112 Å². The number of anilines is 4. The van der Waals surface area contributed by atoms with E-state index in [9.17, 15) is 18.8 Å². The SMILES string of the molecule is Cc1c(F)c(N)cc(C(=O)Nc2cc(-c3ccc(NC(=O)CCc4ccc(/C=C/C(=O)NO)cc4)cc3)ccc2N2CCN(C)CC2)c1Cl. The van der Waals surface area contributed by atoms with Gasteiger partial charge >= 0.3 is 0 Å². The number of carbonyl (C=O) groups excluding carboxylic acids is 3. The molecule has 4 aromatic rings. The molecule has 0 radical (unpaired) electrons. The van der Waals surface area contributed by atoms with E-state index in [1.165, 1.54) is 19.1 Å². The van der Waals surface area contributed by atoms with E-state index in [-0.39, 0.29) is 34.2 Å². The Kier molecular flexibility index (Phi) is 11.3. The smallest absolute Gasteiger partial charge is 0.267 e. The van der Waals surface area contributed by atoms with E-state index in [2.05, 4.69) is 27.5 Å². The minimum atomic E-state index is -0.644. The summed E-state index contributed by atoms with van der Waals surface area (Å²) in [6, 6.07) is 22.0. The predicted molar refractivity (Wildman–Crippen MR) is 192 cm³/mol. The molecular weight excluding hydrogens is 647 g/mol.